The summed E-state index contributed by atoms with van der Waals surface area (Å²) >= 11 is 12.0. The largest absolute Gasteiger partial charge is 0.354 e. The smallest absolute Gasteiger partial charge is 0.236 e. The SMILES string of the molecule is CCC[C@H](N)C(=O)NCCc1ccc(-c2ccc(Cl)c(Cl)c2)cc1.Cl. The molecule has 136 valence electrons. The predicted octanol–water partition coefficient (Wildman–Crippen LogP) is 4.87. The fourth-order valence-electron chi connectivity index (χ4n) is 2.44. The highest BCUT2D eigenvalue weighted by molar-refractivity contribution is 6.42. The van der Waals surface area contributed by atoms with Gasteiger partial charge < -0.3 is 11.1 Å². The van der Waals surface area contributed by atoms with Crippen LogP contribution in [0.4, 0.5) is 0 Å². The van der Waals surface area contributed by atoms with Gasteiger partial charge in [0.2, 0.25) is 5.91 Å². The van der Waals surface area contributed by atoms with Gasteiger partial charge >= 0.3 is 0 Å². The van der Waals surface area contributed by atoms with Gasteiger partial charge in [0.1, 0.15) is 0 Å². The average molecular weight is 402 g/mol. The Morgan fingerprint density at radius 1 is 1.08 bits per heavy atom. The van der Waals surface area contributed by atoms with Crippen LogP contribution >= 0.6 is 35.6 Å². The van der Waals surface area contributed by atoms with Crippen LogP contribution in [0.5, 0.6) is 0 Å². The van der Waals surface area contributed by atoms with Crippen molar-refractivity contribution in [2.75, 3.05) is 6.54 Å². The topological polar surface area (TPSA) is 55.1 Å². The van der Waals surface area contributed by atoms with E-state index in [0.29, 0.717) is 23.0 Å². The first-order valence-corrected chi connectivity index (χ1v) is 8.84. The Hall–Kier alpha value is -1.26. The van der Waals surface area contributed by atoms with Gasteiger partial charge in [-0.1, -0.05) is 66.9 Å². The summed E-state index contributed by atoms with van der Waals surface area (Å²) in [6.45, 7) is 2.60. The van der Waals surface area contributed by atoms with Gasteiger partial charge in [0.15, 0.2) is 0 Å². The highest BCUT2D eigenvalue weighted by atomic mass is 35.5. The first-order valence-electron chi connectivity index (χ1n) is 8.09. The second-order valence-corrected chi connectivity index (χ2v) is 6.58. The standard InChI is InChI=1S/C19H22Cl2N2O.ClH/c1-2-3-18(22)19(24)23-11-10-13-4-6-14(7-5-13)15-8-9-16(20)17(21)12-15;/h4-9,12,18H,2-3,10-11,22H2,1H3,(H,23,24);1H/t18-;/m0./s1. The number of hydrogen-bond donors (Lipinski definition) is 2. The van der Waals surface area contributed by atoms with Crippen LogP contribution in [-0.2, 0) is 11.2 Å². The van der Waals surface area contributed by atoms with E-state index in [1.54, 1.807) is 6.07 Å². The van der Waals surface area contributed by atoms with Crippen molar-refractivity contribution in [1.82, 2.24) is 5.32 Å². The lowest BCUT2D eigenvalue weighted by molar-refractivity contribution is -0.122. The van der Waals surface area contributed by atoms with Gasteiger partial charge in [-0.05, 0) is 41.7 Å². The number of nitrogens with two attached hydrogens (primary N) is 1. The number of benzene rings is 2. The third-order valence-corrected chi connectivity index (χ3v) is 4.60. The Labute approximate surface area is 165 Å². The molecule has 3 N–H and O–H groups in total. The van der Waals surface area contributed by atoms with E-state index in [0.717, 1.165) is 29.5 Å². The highest BCUT2D eigenvalue weighted by Crippen LogP contribution is 2.28. The second kappa shape index (κ2) is 10.7. The number of halogens is 3. The summed E-state index contributed by atoms with van der Waals surface area (Å²) in [4.78, 5) is 11.8. The molecule has 25 heavy (non-hydrogen) atoms. The zero-order chi connectivity index (χ0) is 17.5. The van der Waals surface area contributed by atoms with Crippen molar-refractivity contribution in [3.8, 4) is 11.1 Å². The van der Waals surface area contributed by atoms with Crippen LogP contribution in [0.2, 0.25) is 10.0 Å². The molecule has 0 fully saturated rings. The van der Waals surface area contributed by atoms with Crippen molar-refractivity contribution < 1.29 is 4.79 Å². The number of hydrogen-bond acceptors (Lipinski definition) is 2. The molecule has 0 saturated carbocycles. The van der Waals surface area contributed by atoms with Crippen molar-refractivity contribution in [2.45, 2.75) is 32.2 Å². The van der Waals surface area contributed by atoms with Crippen LogP contribution in [0.25, 0.3) is 11.1 Å². The lowest BCUT2D eigenvalue weighted by Crippen LogP contribution is -2.41. The van der Waals surface area contributed by atoms with Gasteiger partial charge in [-0.25, -0.2) is 0 Å². The van der Waals surface area contributed by atoms with Gasteiger partial charge in [-0.15, -0.1) is 12.4 Å². The molecular weight excluding hydrogens is 379 g/mol. The molecule has 0 aromatic heterocycles. The van der Waals surface area contributed by atoms with E-state index in [-0.39, 0.29) is 18.3 Å². The van der Waals surface area contributed by atoms with E-state index in [9.17, 15) is 4.79 Å². The molecule has 0 saturated heterocycles. The van der Waals surface area contributed by atoms with Crippen LogP contribution in [-0.4, -0.2) is 18.5 Å². The van der Waals surface area contributed by atoms with Crippen LogP contribution in [0, 0.1) is 0 Å². The fourth-order valence-corrected chi connectivity index (χ4v) is 2.74. The molecule has 2 rings (SSSR count). The number of amides is 1. The van der Waals surface area contributed by atoms with Crippen LogP contribution < -0.4 is 11.1 Å². The molecule has 0 bridgehead atoms. The van der Waals surface area contributed by atoms with Gasteiger partial charge in [0.05, 0.1) is 16.1 Å². The molecule has 2 aromatic rings. The van der Waals surface area contributed by atoms with Gasteiger partial charge in [0, 0.05) is 6.54 Å². The molecule has 0 aliphatic rings. The van der Waals surface area contributed by atoms with Crippen LogP contribution in [0.1, 0.15) is 25.3 Å². The molecule has 1 amide bonds. The monoisotopic (exact) mass is 400 g/mol. The molecule has 3 nitrogen and oxygen atoms in total. The molecule has 1 atom stereocenters. The lowest BCUT2D eigenvalue weighted by Gasteiger charge is -2.11. The van der Waals surface area contributed by atoms with Crippen LogP contribution in [0.3, 0.4) is 0 Å². The fraction of sp³-hybridized carbons (Fsp3) is 0.316. The molecule has 0 unspecified atom stereocenters. The maximum Gasteiger partial charge on any atom is 0.236 e. The van der Waals surface area contributed by atoms with Gasteiger partial charge in [-0.2, -0.15) is 0 Å². The molecular formula is C19H23Cl3N2O. The van der Waals surface area contributed by atoms with Crippen molar-refractivity contribution in [3.63, 3.8) is 0 Å². The van der Waals surface area contributed by atoms with Gasteiger partial charge in [-0.3, -0.25) is 4.79 Å². The molecule has 0 aliphatic heterocycles. The summed E-state index contributed by atoms with van der Waals surface area (Å²) < 4.78 is 0. The van der Waals surface area contributed by atoms with E-state index in [1.807, 2.05) is 31.2 Å². The molecule has 6 heteroatoms. The van der Waals surface area contributed by atoms with Crippen molar-refractivity contribution in [1.29, 1.82) is 0 Å². The highest BCUT2D eigenvalue weighted by Gasteiger charge is 2.11. The average Bonchev–Trinajstić information content (AvgIpc) is 2.58. The minimum Gasteiger partial charge on any atom is -0.354 e. The normalized spacial score (nSPS) is 11.5. The van der Waals surface area contributed by atoms with E-state index < -0.39 is 6.04 Å². The third-order valence-electron chi connectivity index (χ3n) is 3.86. The molecule has 0 spiro atoms. The summed E-state index contributed by atoms with van der Waals surface area (Å²) in [5, 5.41) is 3.98. The maximum atomic E-state index is 11.8. The summed E-state index contributed by atoms with van der Waals surface area (Å²) in [7, 11) is 0. The zero-order valence-corrected chi connectivity index (χ0v) is 16.4. The zero-order valence-electron chi connectivity index (χ0n) is 14.1. The maximum absolute atomic E-state index is 11.8. The molecule has 0 heterocycles. The van der Waals surface area contributed by atoms with Crippen molar-refractivity contribution >= 4 is 41.5 Å². The van der Waals surface area contributed by atoms with Crippen molar-refractivity contribution in [3.05, 3.63) is 58.1 Å². The molecule has 0 aliphatic carbocycles. The Morgan fingerprint density at radius 3 is 2.32 bits per heavy atom. The van der Waals surface area contributed by atoms with E-state index in [2.05, 4.69) is 17.4 Å². The number of carbonyl (C=O) groups is 1. The summed E-state index contributed by atoms with van der Waals surface area (Å²) in [6, 6.07) is 13.4. The minimum atomic E-state index is -0.410. The number of carbonyl (C=O) groups excluding carboxylic acids is 1. The molecule has 2 aromatic carbocycles. The Balaban J connectivity index is 0.00000312. The molecule has 0 radical (unpaired) electrons. The van der Waals surface area contributed by atoms with Crippen LogP contribution in [0.15, 0.2) is 42.5 Å². The third kappa shape index (κ3) is 6.52. The second-order valence-electron chi connectivity index (χ2n) is 5.76. The Morgan fingerprint density at radius 2 is 1.72 bits per heavy atom. The Bertz CT molecular complexity index is 690. The number of nitrogens with one attached hydrogen (secondary N) is 1. The van der Waals surface area contributed by atoms with E-state index in [4.69, 9.17) is 28.9 Å². The van der Waals surface area contributed by atoms with Gasteiger partial charge in [0.25, 0.3) is 0 Å². The van der Waals surface area contributed by atoms with Crippen molar-refractivity contribution in [2.24, 2.45) is 5.73 Å². The lowest BCUT2D eigenvalue weighted by atomic mass is 10.0. The first kappa shape index (κ1) is 21.8. The summed E-state index contributed by atoms with van der Waals surface area (Å²) in [5.74, 6) is -0.0794. The predicted molar refractivity (Wildman–Crippen MR) is 109 cm³/mol. The number of rotatable bonds is 7. The summed E-state index contributed by atoms with van der Waals surface area (Å²) in [5.41, 5.74) is 9.04. The van der Waals surface area contributed by atoms with E-state index in [1.165, 1.54) is 0 Å². The minimum absolute atomic E-state index is 0. The summed E-state index contributed by atoms with van der Waals surface area (Å²) in [6.07, 6.45) is 2.39. The Kier molecular flexibility index (Phi) is 9.30. The van der Waals surface area contributed by atoms with E-state index >= 15 is 0 Å². The quantitative estimate of drug-likeness (QED) is 0.695. The first-order chi connectivity index (χ1) is 11.5.